The summed E-state index contributed by atoms with van der Waals surface area (Å²) in [6.45, 7) is 3.67. The molecule has 0 spiro atoms. The third kappa shape index (κ3) is 4.85. The number of aromatic amines is 1. The smallest absolute Gasteiger partial charge is 0.253 e. The Balaban J connectivity index is 1.78. The molecule has 7 nitrogen and oxygen atoms in total. The van der Waals surface area contributed by atoms with Gasteiger partial charge in [0.1, 0.15) is 29.2 Å². The van der Waals surface area contributed by atoms with Crippen LogP contribution < -0.4 is 20.3 Å². The molecule has 0 aliphatic carbocycles. The first-order chi connectivity index (χ1) is 14.6. The summed E-state index contributed by atoms with van der Waals surface area (Å²) in [5.74, 6) is 0.966. The Kier molecular flexibility index (Phi) is 7.17. The third-order valence-electron chi connectivity index (χ3n) is 4.49. The van der Waals surface area contributed by atoms with E-state index < -0.39 is 0 Å². The van der Waals surface area contributed by atoms with Gasteiger partial charge in [0.2, 0.25) is 0 Å². The van der Waals surface area contributed by atoms with E-state index in [2.05, 4.69) is 16.4 Å². The topological polar surface area (TPSA) is 96.4 Å². The largest absolute Gasteiger partial charge is 0.495 e. The predicted molar refractivity (Wildman–Crippen MR) is 117 cm³/mol. The van der Waals surface area contributed by atoms with Crippen molar-refractivity contribution in [2.45, 2.75) is 13.5 Å². The Bertz CT molecular complexity index is 1140. The number of nitrogens with zero attached hydrogens (tertiary/aromatic N) is 1. The minimum absolute atomic E-state index is 0.246. The molecule has 0 atom stereocenters. The number of rotatable bonds is 9. The summed E-state index contributed by atoms with van der Waals surface area (Å²) in [6.07, 6.45) is 0. The van der Waals surface area contributed by atoms with E-state index in [1.54, 1.807) is 30.3 Å². The number of pyridine rings is 1. The number of hydrogen-bond acceptors (Lipinski definition) is 6. The molecule has 8 heteroatoms. The molecule has 0 saturated heterocycles. The molecule has 156 valence electrons. The zero-order valence-corrected chi connectivity index (χ0v) is 17.5. The second kappa shape index (κ2) is 10.0. The van der Waals surface area contributed by atoms with Crippen LogP contribution in [-0.2, 0) is 11.3 Å². The van der Waals surface area contributed by atoms with Crippen molar-refractivity contribution in [3.63, 3.8) is 0 Å². The van der Waals surface area contributed by atoms with E-state index in [-0.39, 0.29) is 5.56 Å². The van der Waals surface area contributed by atoms with Gasteiger partial charge in [-0.15, -0.1) is 0 Å². The maximum Gasteiger partial charge on any atom is 0.253 e. The lowest BCUT2D eigenvalue weighted by Crippen LogP contribution is -2.16. The normalized spacial score (nSPS) is 10.6. The van der Waals surface area contributed by atoms with Crippen LogP contribution >= 0.6 is 11.6 Å². The molecule has 3 rings (SSSR count). The number of halogens is 1. The first-order valence-corrected chi connectivity index (χ1v) is 9.82. The summed E-state index contributed by atoms with van der Waals surface area (Å²) in [5.41, 5.74) is 2.01. The molecule has 0 aliphatic rings. The second-order valence-electron chi connectivity index (χ2n) is 6.39. The fraction of sp³-hybridized carbons (Fsp3) is 0.273. The summed E-state index contributed by atoms with van der Waals surface area (Å²) in [5, 5.41) is 13.4. The maximum absolute atomic E-state index is 12.6. The summed E-state index contributed by atoms with van der Waals surface area (Å²) in [6, 6.07) is 12.6. The van der Waals surface area contributed by atoms with E-state index in [1.807, 2.05) is 13.0 Å². The molecular formula is C22H22ClN3O4. The number of methoxy groups -OCH3 is 1. The van der Waals surface area contributed by atoms with Crippen molar-refractivity contribution in [1.29, 1.82) is 5.26 Å². The highest BCUT2D eigenvalue weighted by atomic mass is 35.5. The highest BCUT2D eigenvalue weighted by molar-refractivity contribution is 6.36. The van der Waals surface area contributed by atoms with Crippen LogP contribution in [0.5, 0.6) is 11.5 Å². The van der Waals surface area contributed by atoms with Crippen LogP contribution in [0.15, 0.2) is 41.2 Å². The monoisotopic (exact) mass is 427 g/mol. The Hall–Kier alpha value is -3.21. The van der Waals surface area contributed by atoms with Crippen molar-refractivity contribution < 1.29 is 14.2 Å². The Morgan fingerprint density at radius 1 is 1.17 bits per heavy atom. The molecule has 30 heavy (non-hydrogen) atoms. The van der Waals surface area contributed by atoms with Gasteiger partial charge in [-0.05, 0) is 37.3 Å². The molecule has 1 aromatic heterocycles. The molecule has 3 aromatic rings. The van der Waals surface area contributed by atoms with Crippen molar-refractivity contribution in [2.24, 2.45) is 0 Å². The minimum atomic E-state index is -0.246. The van der Waals surface area contributed by atoms with Crippen molar-refractivity contribution >= 4 is 28.2 Å². The molecule has 0 saturated carbocycles. The van der Waals surface area contributed by atoms with E-state index in [0.29, 0.717) is 59.5 Å². The van der Waals surface area contributed by atoms with E-state index >= 15 is 0 Å². The van der Waals surface area contributed by atoms with Crippen LogP contribution in [0.25, 0.3) is 10.9 Å². The zero-order chi connectivity index (χ0) is 21.5. The zero-order valence-electron chi connectivity index (χ0n) is 16.8. The van der Waals surface area contributed by atoms with Crippen molar-refractivity contribution in [1.82, 2.24) is 4.98 Å². The Labute approximate surface area is 179 Å². The SMILES string of the molecule is CCOCCOc1ccc2cc(CNc3ccc(C#N)c(OC)c3)c(=O)[nH]c2c1Cl. The number of H-pyrrole nitrogens is 1. The molecule has 2 aromatic carbocycles. The number of nitrogens with one attached hydrogen (secondary N) is 2. The first kappa shape index (κ1) is 21.5. The second-order valence-corrected chi connectivity index (χ2v) is 6.77. The van der Waals surface area contributed by atoms with E-state index in [0.717, 1.165) is 11.1 Å². The fourth-order valence-corrected chi connectivity index (χ4v) is 3.23. The van der Waals surface area contributed by atoms with Crippen LogP contribution in [-0.4, -0.2) is 31.9 Å². The molecule has 2 N–H and O–H groups in total. The number of aromatic nitrogens is 1. The molecule has 0 amide bonds. The van der Waals surface area contributed by atoms with E-state index in [1.165, 1.54) is 7.11 Å². The lowest BCUT2D eigenvalue weighted by Gasteiger charge is -2.12. The van der Waals surface area contributed by atoms with Gasteiger partial charge >= 0.3 is 0 Å². The van der Waals surface area contributed by atoms with Gasteiger partial charge in [-0.3, -0.25) is 4.79 Å². The van der Waals surface area contributed by atoms with Gasteiger partial charge in [0.25, 0.3) is 5.56 Å². The highest BCUT2D eigenvalue weighted by Gasteiger charge is 2.11. The molecule has 0 fully saturated rings. The summed E-state index contributed by atoms with van der Waals surface area (Å²) >= 11 is 6.42. The van der Waals surface area contributed by atoms with Gasteiger partial charge in [0, 0.05) is 35.9 Å². The molecule has 0 unspecified atom stereocenters. The number of fused-ring (bicyclic) bond motifs is 1. The fourth-order valence-electron chi connectivity index (χ4n) is 2.95. The third-order valence-corrected chi connectivity index (χ3v) is 4.87. The first-order valence-electron chi connectivity index (χ1n) is 9.44. The van der Waals surface area contributed by atoms with E-state index in [4.69, 9.17) is 31.1 Å². The standard InChI is InChI=1S/C22H22ClN3O4/c1-3-29-8-9-30-18-7-5-14-10-16(22(27)26-21(14)20(18)23)13-25-17-6-4-15(12-24)19(11-17)28-2/h4-7,10-11,25H,3,8-9,13H2,1-2H3,(H,26,27). The van der Waals surface area contributed by atoms with E-state index in [9.17, 15) is 4.79 Å². The summed E-state index contributed by atoms with van der Waals surface area (Å²) < 4.78 is 16.1. The van der Waals surface area contributed by atoms with Gasteiger partial charge in [-0.25, -0.2) is 0 Å². The lowest BCUT2D eigenvalue weighted by molar-refractivity contribution is 0.110. The molecule has 0 aliphatic heterocycles. The highest BCUT2D eigenvalue weighted by Crippen LogP contribution is 2.31. The number of hydrogen-bond donors (Lipinski definition) is 2. The number of nitriles is 1. The van der Waals surface area contributed by atoms with Crippen molar-refractivity contribution in [3.05, 3.63) is 62.9 Å². The number of benzene rings is 2. The quantitative estimate of drug-likeness (QED) is 0.499. The minimum Gasteiger partial charge on any atom is -0.495 e. The number of ether oxygens (including phenoxy) is 3. The van der Waals surface area contributed by atoms with Crippen molar-refractivity contribution in [2.75, 3.05) is 32.2 Å². The van der Waals surface area contributed by atoms with Crippen LogP contribution in [0.1, 0.15) is 18.1 Å². The lowest BCUT2D eigenvalue weighted by atomic mass is 10.1. The van der Waals surface area contributed by atoms with Crippen molar-refractivity contribution in [3.8, 4) is 17.6 Å². The van der Waals surface area contributed by atoms with Crippen LogP contribution in [0.4, 0.5) is 5.69 Å². The van der Waals surface area contributed by atoms with Gasteiger partial charge in [-0.1, -0.05) is 11.6 Å². The predicted octanol–water partition coefficient (Wildman–Crippen LogP) is 4.09. The van der Waals surface area contributed by atoms with Gasteiger partial charge < -0.3 is 24.5 Å². The molecule has 0 bridgehead atoms. The van der Waals surface area contributed by atoms with Gasteiger partial charge in [0.15, 0.2) is 0 Å². The summed E-state index contributed by atoms with van der Waals surface area (Å²) in [7, 11) is 1.51. The van der Waals surface area contributed by atoms with Crippen LogP contribution in [0.3, 0.4) is 0 Å². The molecular weight excluding hydrogens is 406 g/mol. The Morgan fingerprint density at radius 3 is 2.73 bits per heavy atom. The Morgan fingerprint density at radius 2 is 2.00 bits per heavy atom. The molecule has 0 radical (unpaired) electrons. The average molecular weight is 428 g/mol. The van der Waals surface area contributed by atoms with Crippen LogP contribution in [0.2, 0.25) is 5.02 Å². The average Bonchev–Trinajstić information content (AvgIpc) is 2.77. The molecule has 1 heterocycles. The number of anilines is 1. The van der Waals surface area contributed by atoms with Gasteiger partial charge in [0.05, 0.1) is 24.8 Å². The summed E-state index contributed by atoms with van der Waals surface area (Å²) in [4.78, 5) is 15.4. The maximum atomic E-state index is 12.6. The van der Waals surface area contributed by atoms with Gasteiger partial charge in [-0.2, -0.15) is 5.26 Å². The van der Waals surface area contributed by atoms with Crippen LogP contribution in [0, 0.1) is 11.3 Å².